The zero-order chi connectivity index (χ0) is 27.6. The molecule has 0 aromatic heterocycles. The van der Waals surface area contributed by atoms with Crippen molar-refractivity contribution in [1.29, 1.82) is 0 Å². The number of piperazine rings is 1. The first-order valence-corrected chi connectivity index (χ1v) is 14.8. The van der Waals surface area contributed by atoms with E-state index in [9.17, 15) is 19.5 Å². The van der Waals surface area contributed by atoms with Crippen molar-refractivity contribution in [3.63, 3.8) is 0 Å². The summed E-state index contributed by atoms with van der Waals surface area (Å²) in [6, 6.07) is 0. The Morgan fingerprint density at radius 2 is 2.03 bits per heavy atom. The number of carbonyl (C=O) groups excluding carboxylic acids is 3. The number of ketones is 2. The maximum atomic E-state index is 14.2. The van der Waals surface area contributed by atoms with E-state index in [0.29, 0.717) is 45.4 Å². The lowest BCUT2D eigenvalue weighted by Crippen LogP contribution is -2.63. The molecule has 3 saturated carbocycles. The molecule has 2 saturated heterocycles. The molecule has 0 aromatic carbocycles. The van der Waals surface area contributed by atoms with Crippen LogP contribution in [-0.2, 0) is 23.8 Å². The lowest BCUT2D eigenvalue weighted by Gasteiger charge is -2.59. The molecule has 0 radical (unpaired) electrons. The topological polar surface area (TPSA) is 114 Å². The summed E-state index contributed by atoms with van der Waals surface area (Å²) >= 11 is 0. The molecule has 6 aliphatic rings. The van der Waals surface area contributed by atoms with Gasteiger partial charge >= 0.3 is 6.09 Å². The summed E-state index contributed by atoms with van der Waals surface area (Å²) in [6.07, 6.45) is 7.49. The third-order valence-electron chi connectivity index (χ3n) is 10.9. The van der Waals surface area contributed by atoms with E-state index < -0.39 is 41.0 Å². The van der Waals surface area contributed by atoms with Crippen molar-refractivity contribution in [2.24, 2.45) is 28.6 Å². The van der Waals surface area contributed by atoms with Crippen molar-refractivity contribution in [2.45, 2.75) is 83.4 Å². The average molecular weight is 543 g/mol. The van der Waals surface area contributed by atoms with Gasteiger partial charge in [0.1, 0.15) is 0 Å². The smallest absolute Gasteiger partial charge is 0.410 e. The van der Waals surface area contributed by atoms with Gasteiger partial charge in [0.05, 0.1) is 12.2 Å². The van der Waals surface area contributed by atoms with Crippen LogP contribution in [0.3, 0.4) is 0 Å². The van der Waals surface area contributed by atoms with E-state index in [1.54, 1.807) is 17.1 Å². The van der Waals surface area contributed by atoms with E-state index in [2.05, 4.69) is 26.1 Å². The Hall–Kier alpha value is -2.07. The zero-order valence-corrected chi connectivity index (χ0v) is 23.3. The third kappa shape index (κ3) is 3.98. The lowest BCUT2D eigenvalue weighted by molar-refractivity contribution is -0.200. The van der Waals surface area contributed by atoms with E-state index in [4.69, 9.17) is 14.2 Å². The molecule has 4 aliphatic carbocycles. The standard InChI is InChI=1S/C30H42N2O7/c1-4-5-25-38-24-15-21-20-7-6-18-14-19(33)8-9-28(18,2)26(20)22(34)16-29(21,3)30(24,39-25)23(35)17-37-27(36)32-12-10-31-11-13-32/h8-9,14,20-22,24-26,31,34H,4-7,10-13,15-17H2,1-3H3. The Labute approximate surface area is 230 Å². The van der Waals surface area contributed by atoms with Gasteiger partial charge in [0.15, 0.2) is 24.3 Å². The number of rotatable bonds is 5. The Balaban J connectivity index is 1.30. The van der Waals surface area contributed by atoms with Gasteiger partial charge in [0, 0.05) is 42.9 Å². The number of hydrogen-bond acceptors (Lipinski definition) is 8. The number of nitrogens with zero attached hydrogens (tertiary/aromatic N) is 1. The van der Waals surface area contributed by atoms with Crippen LogP contribution in [0.2, 0.25) is 0 Å². The SMILES string of the molecule is CCCC1OC2CC3C4CCC5=CC(=O)C=CC5(C)C4C(O)CC3(C)C2(C(=O)COC(=O)N2CCNCC2)O1. The summed E-state index contributed by atoms with van der Waals surface area (Å²) in [7, 11) is 0. The summed E-state index contributed by atoms with van der Waals surface area (Å²) < 4.78 is 18.6. The van der Waals surface area contributed by atoms with Gasteiger partial charge in [0.25, 0.3) is 0 Å². The largest absolute Gasteiger partial charge is 0.441 e. The minimum atomic E-state index is -1.28. The first-order chi connectivity index (χ1) is 18.6. The van der Waals surface area contributed by atoms with E-state index >= 15 is 0 Å². The molecule has 0 bridgehead atoms. The van der Waals surface area contributed by atoms with Crippen molar-refractivity contribution in [3.05, 3.63) is 23.8 Å². The van der Waals surface area contributed by atoms with Crippen LogP contribution in [0.1, 0.15) is 59.3 Å². The van der Waals surface area contributed by atoms with Crippen molar-refractivity contribution >= 4 is 17.7 Å². The highest BCUT2D eigenvalue weighted by Gasteiger charge is 2.75. The van der Waals surface area contributed by atoms with Gasteiger partial charge in [-0.25, -0.2) is 4.79 Å². The molecule has 0 aromatic rings. The third-order valence-corrected chi connectivity index (χ3v) is 10.9. The Kier molecular flexibility index (Phi) is 6.80. The maximum Gasteiger partial charge on any atom is 0.410 e. The number of nitrogens with one attached hydrogen (secondary N) is 1. The van der Waals surface area contributed by atoms with E-state index in [1.807, 2.05) is 6.08 Å². The predicted molar refractivity (Wildman–Crippen MR) is 142 cm³/mol. The number of amides is 1. The Morgan fingerprint density at radius 1 is 1.26 bits per heavy atom. The quantitative estimate of drug-likeness (QED) is 0.545. The molecule has 9 nitrogen and oxygen atoms in total. The summed E-state index contributed by atoms with van der Waals surface area (Å²) in [5, 5.41) is 15.0. The first kappa shape index (κ1) is 27.1. The molecule has 5 fully saturated rings. The van der Waals surface area contributed by atoms with Crippen molar-refractivity contribution in [3.8, 4) is 0 Å². The second-order valence-corrected chi connectivity index (χ2v) is 12.9. The van der Waals surface area contributed by atoms with Crippen LogP contribution in [-0.4, -0.2) is 84.6 Å². The molecule has 6 rings (SSSR count). The molecular weight excluding hydrogens is 500 g/mol. The van der Waals surface area contributed by atoms with Gasteiger partial charge < -0.3 is 29.5 Å². The van der Waals surface area contributed by atoms with Crippen LogP contribution in [0.5, 0.6) is 0 Å². The summed E-state index contributed by atoms with van der Waals surface area (Å²) in [6.45, 7) is 8.39. The van der Waals surface area contributed by atoms with Gasteiger partial charge in [-0.1, -0.05) is 38.8 Å². The Bertz CT molecular complexity index is 1100. The summed E-state index contributed by atoms with van der Waals surface area (Å²) in [5.74, 6) is -0.0704. The van der Waals surface area contributed by atoms with Gasteiger partial charge in [-0.15, -0.1) is 0 Å². The fraction of sp³-hybridized carbons (Fsp3) is 0.767. The van der Waals surface area contributed by atoms with Gasteiger partial charge in [-0.05, 0) is 56.1 Å². The fourth-order valence-corrected chi connectivity index (χ4v) is 9.18. The molecule has 2 heterocycles. The number of allylic oxidation sites excluding steroid dienone is 4. The minimum Gasteiger partial charge on any atom is -0.441 e. The highest BCUT2D eigenvalue weighted by Crippen LogP contribution is 2.69. The van der Waals surface area contributed by atoms with Crippen LogP contribution < -0.4 is 5.32 Å². The number of aliphatic hydroxyl groups excluding tert-OH is 1. The molecule has 2 aliphatic heterocycles. The van der Waals surface area contributed by atoms with E-state index in [1.165, 1.54) is 0 Å². The van der Waals surface area contributed by atoms with Gasteiger partial charge in [0.2, 0.25) is 5.78 Å². The minimum absolute atomic E-state index is 0.00939. The number of Topliss-reactive ketones (excluding diaryl/α,β-unsaturated/α-hetero) is 1. The maximum absolute atomic E-state index is 14.2. The van der Waals surface area contributed by atoms with Crippen LogP contribution >= 0.6 is 0 Å². The van der Waals surface area contributed by atoms with Crippen LogP contribution in [0.4, 0.5) is 4.79 Å². The summed E-state index contributed by atoms with van der Waals surface area (Å²) in [4.78, 5) is 40.7. The van der Waals surface area contributed by atoms with Gasteiger partial charge in [-0.2, -0.15) is 0 Å². The van der Waals surface area contributed by atoms with E-state index in [-0.39, 0.29) is 35.9 Å². The van der Waals surface area contributed by atoms with Crippen LogP contribution in [0, 0.1) is 28.6 Å². The Morgan fingerprint density at radius 3 is 2.77 bits per heavy atom. The molecule has 0 spiro atoms. The average Bonchev–Trinajstić information content (AvgIpc) is 3.40. The molecule has 2 N–H and O–H groups in total. The lowest BCUT2D eigenvalue weighted by atomic mass is 9.46. The molecule has 9 heteroatoms. The first-order valence-electron chi connectivity index (χ1n) is 14.8. The van der Waals surface area contributed by atoms with Gasteiger partial charge in [-0.3, -0.25) is 9.59 Å². The highest BCUT2D eigenvalue weighted by atomic mass is 16.7. The monoisotopic (exact) mass is 542 g/mol. The second-order valence-electron chi connectivity index (χ2n) is 12.9. The predicted octanol–water partition coefficient (Wildman–Crippen LogP) is 2.77. The van der Waals surface area contributed by atoms with Crippen molar-refractivity contribution in [1.82, 2.24) is 10.2 Å². The zero-order valence-electron chi connectivity index (χ0n) is 23.3. The van der Waals surface area contributed by atoms with Crippen molar-refractivity contribution in [2.75, 3.05) is 32.8 Å². The fourth-order valence-electron chi connectivity index (χ4n) is 9.18. The van der Waals surface area contributed by atoms with Crippen molar-refractivity contribution < 1.29 is 33.7 Å². The second kappa shape index (κ2) is 9.79. The molecule has 39 heavy (non-hydrogen) atoms. The molecule has 9 atom stereocenters. The summed E-state index contributed by atoms with van der Waals surface area (Å²) in [5.41, 5.74) is -1.25. The number of carbonyl (C=O) groups is 3. The van der Waals surface area contributed by atoms with E-state index in [0.717, 1.165) is 24.8 Å². The number of hydrogen-bond donors (Lipinski definition) is 2. The van der Waals surface area contributed by atoms with Crippen LogP contribution in [0.25, 0.3) is 0 Å². The molecule has 9 unspecified atom stereocenters. The van der Waals surface area contributed by atoms with Crippen LogP contribution in [0.15, 0.2) is 23.8 Å². The molecule has 214 valence electrons. The number of aliphatic hydroxyl groups is 1. The number of ether oxygens (including phenoxy) is 3. The molecule has 1 amide bonds. The number of fused-ring (bicyclic) bond motifs is 7. The normalized spacial score (nSPS) is 44.7. The molecular formula is C30H42N2O7. The highest BCUT2D eigenvalue weighted by molar-refractivity contribution is 6.01.